The fraction of sp³-hybridized carbons (Fsp3) is 0.548. The third-order valence-electron chi connectivity index (χ3n) is 15.8. The van der Waals surface area contributed by atoms with Crippen LogP contribution in [0.2, 0.25) is 0 Å². The van der Waals surface area contributed by atoms with E-state index in [1.165, 1.54) is 13.3 Å². The van der Waals surface area contributed by atoms with Gasteiger partial charge in [-0.15, -0.1) is 0 Å². The zero-order valence-corrected chi connectivity index (χ0v) is 50.4. The third-order valence-corrected chi connectivity index (χ3v) is 16.7. The molecule has 4 aromatic rings. The van der Waals surface area contributed by atoms with Gasteiger partial charge >= 0.3 is 6.18 Å². The number of likely N-dealkylation sites (N-methyl/N-ethyl adjacent to an activating group) is 2. The molecule has 24 heteroatoms. The average Bonchev–Trinajstić information content (AvgIpc) is 3.87. The molecule has 20 nitrogen and oxygen atoms in total. The Balaban J connectivity index is 0.744. The van der Waals surface area contributed by atoms with Gasteiger partial charge in [0.2, 0.25) is 23.6 Å². The number of nitrogens with one attached hydrogen (secondary N) is 5. The maximum Gasteiger partial charge on any atom is 0.391 e. The highest BCUT2D eigenvalue weighted by Gasteiger charge is 2.42. The molecule has 2 aromatic heterocycles. The molecule has 3 aliphatic rings. The summed E-state index contributed by atoms with van der Waals surface area (Å²) in [6, 6.07) is 16.3. The van der Waals surface area contributed by atoms with Crippen molar-refractivity contribution in [2.45, 2.75) is 115 Å². The minimum absolute atomic E-state index is 0.00291. The van der Waals surface area contributed by atoms with Gasteiger partial charge in [-0.05, 0) is 94.4 Å². The van der Waals surface area contributed by atoms with Gasteiger partial charge in [-0.2, -0.15) is 13.2 Å². The van der Waals surface area contributed by atoms with E-state index in [0.29, 0.717) is 93.8 Å². The molecule has 3 fully saturated rings. The van der Waals surface area contributed by atoms with E-state index in [4.69, 9.17) is 23.7 Å². The minimum atomic E-state index is -4.17. The molecule has 0 unspecified atom stereocenters. The Bertz CT molecular complexity index is 2880. The largest absolute Gasteiger partial charge is 0.495 e. The van der Waals surface area contributed by atoms with Crippen LogP contribution in [0.25, 0.3) is 17.3 Å². The van der Waals surface area contributed by atoms with E-state index in [-0.39, 0.29) is 91.9 Å². The van der Waals surface area contributed by atoms with E-state index in [0.717, 1.165) is 60.1 Å². The third kappa shape index (κ3) is 20.4. The molecule has 2 aromatic carbocycles. The lowest BCUT2D eigenvalue weighted by Crippen LogP contribution is -2.57. The van der Waals surface area contributed by atoms with Gasteiger partial charge < -0.3 is 54.8 Å². The summed E-state index contributed by atoms with van der Waals surface area (Å²) < 4.78 is 67.3. The van der Waals surface area contributed by atoms with Crippen molar-refractivity contribution >= 4 is 63.0 Å². The van der Waals surface area contributed by atoms with Crippen molar-refractivity contribution in [1.82, 2.24) is 35.7 Å². The Hall–Kier alpha value is -6.83. The Labute approximate surface area is 505 Å². The summed E-state index contributed by atoms with van der Waals surface area (Å²) in [6.07, 6.45) is 7.95. The second-order valence-corrected chi connectivity index (χ2v) is 22.9. The molecule has 468 valence electrons. The van der Waals surface area contributed by atoms with Crippen LogP contribution >= 0.6 is 11.3 Å². The number of pyridine rings is 1. The van der Waals surface area contributed by atoms with E-state index in [2.05, 4.69) is 36.6 Å². The van der Waals surface area contributed by atoms with Crippen molar-refractivity contribution < 1.29 is 65.6 Å². The lowest BCUT2D eigenvalue weighted by molar-refractivity contribution is -0.183. The first kappa shape index (κ1) is 66.7. The van der Waals surface area contributed by atoms with E-state index in [9.17, 15) is 41.9 Å². The number of nitrogens with zero attached hydrogens (tertiary/aromatic N) is 4. The van der Waals surface area contributed by atoms with Crippen LogP contribution in [-0.2, 0) is 55.9 Å². The summed E-state index contributed by atoms with van der Waals surface area (Å²) in [4.78, 5) is 92.7. The van der Waals surface area contributed by atoms with Crippen molar-refractivity contribution in [1.29, 1.82) is 0 Å². The quantitative estimate of drug-likeness (QED) is 0.0302. The van der Waals surface area contributed by atoms with Crippen LogP contribution < -0.4 is 31.3 Å². The van der Waals surface area contributed by atoms with Crippen molar-refractivity contribution in [3.05, 3.63) is 95.3 Å². The normalized spacial score (nSPS) is 18.1. The Morgan fingerprint density at radius 1 is 0.814 bits per heavy atom. The Kier molecular flexibility index (Phi) is 26.3. The number of allylic oxidation sites excluding steroid dienone is 1. The molecule has 2 saturated carbocycles. The maximum atomic E-state index is 14.3. The van der Waals surface area contributed by atoms with Crippen LogP contribution in [0.3, 0.4) is 0 Å². The average molecular weight is 1220 g/mol. The predicted octanol–water partition coefficient (Wildman–Crippen LogP) is 7.83. The second kappa shape index (κ2) is 33.9. The van der Waals surface area contributed by atoms with E-state index in [1.54, 1.807) is 43.0 Å². The van der Waals surface area contributed by atoms with Crippen molar-refractivity contribution in [2.75, 3.05) is 97.8 Å². The van der Waals surface area contributed by atoms with Crippen LogP contribution in [0, 0.1) is 17.8 Å². The molecule has 1 aliphatic heterocycles. The lowest BCUT2D eigenvalue weighted by Gasteiger charge is -2.35. The van der Waals surface area contributed by atoms with E-state index in [1.807, 2.05) is 60.7 Å². The number of carbonyl (C=O) groups is 6. The van der Waals surface area contributed by atoms with Gasteiger partial charge in [0.1, 0.15) is 40.8 Å². The van der Waals surface area contributed by atoms with Gasteiger partial charge in [0.25, 0.3) is 11.8 Å². The highest BCUT2D eigenvalue weighted by molar-refractivity contribution is 7.20. The number of hydrogen-bond acceptors (Lipinski definition) is 15. The van der Waals surface area contributed by atoms with Crippen LogP contribution in [0.4, 0.5) is 23.3 Å². The highest BCUT2D eigenvalue weighted by Crippen LogP contribution is 2.41. The standard InChI is InChI=1S/C62H82F3N9O11S/c1-41(66-2)56(77)70-55(46-17-9-6-10-18-46)60(80)74-26-12-19-50(74)58(79)72-59-54(45-15-7-5-8-16-45)71-61(86-59)69-52(75)40-85-34-33-84-32-31-83-30-29-82-28-27-73(3)53(76)36-43-13-11-14-44(35-43)38-68-57(78)49-37-47(51(81-4)39-67-49)23-20-42-21-24-48(25-22-42)62(63,64)65/h5,7-8,11,13-16,20,23,35,37,39,41-42,46,48,50,55,66H,6,9-10,12,17-19,21-22,24-34,36,38,40H2,1-4H3,(H,68,78)(H,70,77)(H,72,79)(H,69,71,75)/b23-20+/t41-,42-,48-,50-,55-/m0/s1. The second-order valence-electron chi connectivity index (χ2n) is 21.9. The molecule has 5 N–H and O–H groups in total. The number of alkyl halides is 3. The zero-order chi connectivity index (χ0) is 61.4. The molecular formula is C62H82F3N9O11S. The monoisotopic (exact) mass is 1220 g/mol. The summed E-state index contributed by atoms with van der Waals surface area (Å²) in [5.41, 5.74) is 3.51. The molecule has 1 saturated heterocycles. The summed E-state index contributed by atoms with van der Waals surface area (Å²) in [5.74, 6) is -2.68. The number of benzene rings is 2. The maximum absolute atomic E-state index is 14.3. The topological polar surface area (TPSA) is 241 Å². The van der Waals surface area contributed by atoms with Crippen LogP contribution in [0.15, 0.2) is 72.9 Å². The summed E-state index contributed by atoms with van der Waals surface area (Å²) in [6.45, 7) is 4.33. The number of aromatic nitrogens is 2. The van der Waals surface area contributed by atoms with Crippen LogP contribution in [0.5, 0.6) is 5.75 Å². The number of thiazole rings is 1. The van der Waals surface area contributed by atoms with Gasteiger partial charge in [0.15, 0.2) is 5.13 Å². The number of likely N-dealkylation sites (tertiary alicyclic amines) is 1. The molecule has 7 rings (SSSR count). The molecule has 3 heterocycles. The van der Waals surface area contributed by atoms with Gasteiger partial charge in [0.05, 0.1) is 77.9 Å². The first-order chi connectivity index (χ1) is 41.5. The highest BCUT2D eigenvalue weighted by atomic mass is 32.1. The van der Waals surface area contributed by atoms with Gasteiger partial charge in [0, 0.05) is 37.8 Å². The van der Waals surface area contributed by atoms with Crippen molar-refractivity contribution in [2.24, 2.45) is 17.8 Å². The fourth-order valence-electron chi connectivity index (χ4n) is 10.7. The number of ether oxygens (including phenoxy) is 5. The van der Waals surface area contributed by atoms with Gasteiger partial charge in [-0.1, -0.05) is 97.3 Å². The zero-order valence-electron chi connectivity index (χ0n) is 49.6. The number of halogens is 3. The summed E-state index contributed by atoms with van der Waals surface area (Å²) in [5, 5.41) is 15.3. The Morgan fingerprint density at radius 2 is 1.50 bits per heavy atom. The molecular weight excluding hydrogens is 1140 g/mol. The SMILES string of the molecule is CN[C@@H](C)C(=O)N[C@H](C(=O)N1CCC[C@H]1C(=O)Nc1sc(NC(=O)COCCOCCOCCOCCN(C)C(=O)Cc2cccc(CNC(=O)c3cc(/C=C/[C@H]4CC[C@H](C(F)(F)F)CC4)c(OC)cn3)c2)nc1-c1ccccc1)C1CCCCC1. The molecule has 0 bridgehead atoms. The fourth-order valence-corrected chi connectivity index (χ4v) is 11.6. The molecule has 2 aliphatic carbocycles. The predicted molar refractivity (Wildman–Crippen MR) is 320 cm³/mol. The molecule has 3 atom stereocenters. The number of methoxy groups -OCH3 is 1. The molecule has 0 radical (unpaired) electrons. The molecule has 6 amide bonds. The smallest absolute Gasteiger partial charge is 0.391 e. The van der Waals surface area contributed by atoms with Crippen molar-refractivity contribution in [3.8, 4) is 17.0 Å². The Morgan fingerprint density at radius 3 is 2.19 bits per heavy atom. The summed E-state index contributed by atoms with van der Waals surface area (Å²) in [7, 11) is 4.88. The van der Waals surface area contributed by atoms with E-state index >= 15 is 0 Å². The van der Waals surface area contributed by atoms with Crippen molar-refractivity contribution in [3.63, 3.8) is 0 Å². The first-order valence-corrected chi connectivity index (χ1v) is 30.5. The number of rotatable bonds is 31. The lowest BCUT2D eigenvalue weighted by atomic mass is 9.81. The molecule has 0 spiro atoms. The van der Waals surface area contributed by atoms with Crippen LogP contribution in [-0.4, -0.2) is 167 Å². The van der Waals surface area contributed by atoms with Gasteiger partial charge in [-0.25, -0.2) is 9.97 Å². The minimum Gasteiger partial charge on any atom is -0.495 e. The number of carbonyl (C=O) groups excluding carboxylic acids is 6. The van der Waals surface area contributed by atoms with Crippen LogP contribution in [0.1, 0.15) is 105 Å². The number of anilines is 2. The number of hydrogen-bond donors (Lipinski definition) is 5. The number of amides is 6. The van der Waals surface area contributed by atoms with Gasteiger partial charge in [-0.3, -0.25) is 34.1 Å². The molecule has 86 heavy (non-hydrogen) atoms. The van der Waals surface area contributed by atoms with E-state index < -0.39 is 42.0 Å². The first-order valence-electron chi connectivity index (χ1n) is 29.7. The summed E-state index contributed by atoms with van der Waals surface area (Å²) >= 11 is 1.10.